The fourth-order valence-corrected chi connectivity index (χ4v) is 4.02. The highest BCUT2D eigenvalue weighted by molar-refractivity contribution is 6.31. The third-order valence-electron chi connectivity index (χ3n) is 5.59. The van der Waals surface area contributed by atoms with Gasteiger partial charge in [-0.2, -0.15) is 0 Å². The molecule has 1 N–H and O–H groups in total. The number of ether oxygens (including phenoxy) is 3. The quantitative estimate of drug-likeness (QED) is 0.320. The van der Waals surface area contributed by atoms with Gasteiger partial charge in [-0.25, -0.2) is 4.79 Å². The van der Waals surface area contributed by atoms with Gasteiger partial charge in [0.2, 0.25) is 0 Å². The Balaban J connectivity index is 1.60. The van der Waals surface area contributed by atoms with Crippen LogP contribution in [0.25, 0.3) is 10.8 Å². The van der Waals surface area contributed by atoms with Gasteiger partial charge < -0.3 is 19.5 Å². The van der Waals surface area contributed by atoms with Gasteiger partial charge in [0.15, 0.2) is 6.04 Å². The van der Waals surface area contributed by atoms with Gasteiger partial charge in [0, 0.05) is 22.2 Å². The number of carbonyl (C=O) groups is 2. The monoisotopic (exact) mass is 489 g/mol. The number of carbonyl (C=O) groups excluding carboxylic acids is 2. The van der Waals surface area contributed by atoms with Crippen LogP contribution in [0.2, 0.25) is 5.02 Å². The summed E-state index contributed by atoms with van der Waals surface area (Å²) in [5, 5.41) is 5.13. The van der Waals surface area contributed by atoms with Gasteiger partial charge in [-0.3, -0.25) is 4.79 Å². The van der Waals surface area contributed by atoms with E-state index in [1.54, 1.807) is 42.5 Å². The second-order valence-corrected chi connectivity index (χ2v) is 8.18. The fourth-order valence-electron chi connectivity index (χ4n) is 3.78. The highest BCUT2D eigenvalue weighted by Crippen LogP contribution is 2.27. The van der Waals surface area contributed by atoms with Crippen LogP contribution < -0.4 is 14.8 Å². The van der Waals surface area contributed by atoms with E-state index < -0.39 is 17.9 Å². The molecule has 7 heteroatoms. The van der Waals surface area contributed by atoms with Crippen LogP contribution in [0.1, 0.15) is 27.5 Å². The lowest BCUT2D eigenvalue weighted by atomic mass is 10.0. The average molecular weight is 490 g/mol. The molecule has 4 aromatic rings. The SMILES string of the molecule is COc1cc(OC)cc(C(=O)N[C@@H](C(=O)OCc2cccc3ccccc23)c2ccccc2Cl)c1. The number of nitrogens with one attached hydrogen (secondary N) is 1. The van der Waals surface area contributed by atoms with Gasteiger partial charge in [0.1, 0.15) is 18.1 Å². The van der Waals surface area contributed by atoms with E-state index in [9.17, 15) is 9.59 Å². The van der Waals surface area contributed by atoms with Crippen LogP contribution in [0.15, 0.2) is 84.9 Å². The third kappa shape index (κ3) is 5.55. The van der Waals surface area contributed by atoms with E-state index in [0.717, 1.165) is 16.3 Å². The molecule has 1 amide bonds. The van der Waals surface area contributed by atoms with Gasteiger partial charge in [-0.05, 0) is 34.5 Å². The van der Waals surface area contributed by atoms with Crippen molar-refractivity contribution in [2.75, 3.05) is 14.2 Å². The van der Waals surface area contributed by atoms with E-state index in [2.05, 4.69) is 5.32 Å². The van der Waals surface area contributed by atoms with Crippen molar-refractivity contribution >= 4 is 34.2 Å². The van der Waals surface area contributed by atoms with E-state index in [-0.39, 0.29) is 12.2 Å². The lowest BCUT2D eigenvalue weighted by Gasteiger charge is -2.20. The summed E-state index contributed by atoms with van der Waals surface area (Å²) in [5.41, 5.74) is 1.55. The van der Waals surface area contributed by atoms with E-state index in [4.69, 9.17) is 25.8 Å². The number of benzene rings is 4. The summed E-state index contributed by atoms with van der Waals surface area (Å²) in [6.07, 6.45) is 0. The Morgan fingerprint density at radius 2 is 1.51 bits per heavy atom. The van der Waals surface area contributed by atoms with Crippen molar-refractivity contribution in [3.63, 3.8) is 0 Å². The molecular formula is C28H24ClNO5. The molecule has 0 bridgehead atoms. The maximum Gasteiger partial charge on any atom is 0.333 e. The predicted octanol–water partition coefficient (Wildman–Crippen LogP) is 5.72. The molecule has 4 aromatic carbocycles. The largest absolute Gasteiger partial charge is 0.497 e. The minimum Gasteiger partial charge on any atom is -0.497 e. The molecule has 35 heavy (non-hydrogen) atoms. The summed E-state index contributed by atoms with van der Waals surface area (Å²) >= 11 is 6.38. The highest BCUT2D eigenvalue weighted by atomic mass is 35.5. The molecule has 4 rings (SSSR count). The van der Waals surface area contributed by atoms with Gasteiger partial charge in [-0.1, -0.05) is 72.3 Å². The van der Waals surface area contributed by atoms with E-state index in [1.807, 2.05) is 42.5 Å². The number of amides is 1. The highest BCUT2D eigenvalue weighted by Gasteiger charge is 2.27. The lowest BCUT2D eigenvalue weighted by Crippen LogP contribution is -2.35. The van der Waals surface area contributed by atoms with Crippen molar-refractivity contribution < 1.29 is 23.8 Å². The number of methoxy groups -OCH3 is 2. The summed E-state index contributed by atoms with van der Waals surface area (Å²) in [6, 6.07) is 24.1. The molecule has 0 aromatic heterocycles. The average Bonchev–Trinajstić information content (AvgIpc) is 2.90. The summed E-state index contributed by atoms with van der Waals surface area (Å²) in [4.78, 5) is 26.4. The Hall–Kier alpha value is -4.03. The summed E-state index contributed by atoms with van der Waals surface area (Å²) in [6.45, 7) is 0.0456. The maximum absolute atomic E-state index is 13.3. The van der Waals surface area contributed by atoms with Crippen molar-refractivity contribution in [1.29, 1.82) is 0 Å². The molecule has 0 heterocycles. The molecule has 0 aliphatic carbocycles. The van der Waals surface area contributed by atoms with Crippen LogP contribution >= 0.6 is 11.6 Å². The number of fused-ring (bicyclic) bond motifs is 1. The fraction of sp³-hybridized carbons (Fsp3) is 0.143. The number of halogens is 1. The van der Waals surface area contributed by atoms with Crippen LogP contribution in [0.4, 0.5) is 0 Å². The van der Waals surface area contributed by atoms with Gasteiger partial charge in [-0.15, -0.1) is 0 Å². The van der Waals surface area contributed by atoms with E-state index in [1.165, 1.54) is 14.2 Å². The number of hydrogen-bond acceptors (Lipinski definition) is 5. The lowest BCUT2D eigenvalue weighted by molar-refractivity contribution is -0.147. The Bertz CT molecular complexity index is 1340. The maximum atomic E-state index is 13.3. The van der Waals surface area contributed by atoms with E-state index in [0.29, 0.717) is 22.1 Å². The standard InChI is InChI=1S/C28H24ClNO5/c1-33-21-14-20(15-22(16-21)34-2)27(31)30-26(24-12-5-6-13-25(24)29)28(32)35-17-19-10-7-9-18-8-3-4-11-23(18)19/h3-16,26H,17H2,1-2H3,(H,30,31)/t26-/m1/s1. The molecular weight excluding hydrogens is 466 g/mol. The second-order valence-electron chi connectivity index (χ2n) is 7.78. The number of esters is 1. The molecule has 0 saturated carbocycles. The van der Waals surface area contributed by atoms with Crippen molar-refractivity contribution in [3.05, 3.63) is 107 Å². The molecule has 0 aliphatic heterocycles. The summed E-state index contributed by atoms with van der Waals surface area (Å²) in [5.74, 6) is -0.242. The minimum atomic E-state index is -1.12. The first-order valence-corrected chi connectivity index (χ1v) is 11.3. The Kier molecular flexibility index (Phi) is 7.53. The zero-order valence-electron chi connectivity index (χ0n) is 19.3. The summed E-state index contributed by atoms with van der Waals surface area (Å²) < 4.78 is 16.2. The molecule has 6 nitrogen and oxygen atoms in total. The van der Waals surface area contributed by atoms with Crippen LogP contribution in [-0.4, -0.2) is 26.1 Å². The van der Waals surface area contributed by atoms with Crippen LogP contribution in [0.3, 0.4) is 0 Å². The van der Waals surface area contributed by atoms with Crippen molar-refractivity contribution in [2.24, 2.45) is 0 Å². The molecule has 1 atom stereocenters. The number of hydrogen-bond donors (Lipinski definition) is 1. The Labute approximate surface area is 208 Å². The van der Waals surface area contributed by atoms with Crippen LogP contribution in [-0.2, 0) is 16.1 Å². The first-order valence-electron chi connectivity index (χ1n) is 10.9. The molecule has 178 valence electrons. The van der Waals surface area contributed by atoms with Crippen molar-refractivity contribution in [2.45, 2.75) is 12.6 Å². The van der Waals surface area contributed by atoms with Crippen molar-refractivity contribution in [1.82, 2.24) is 5.32 Å². The zero-order chi connectivity index (χ0) is 24.8. The normalized spacial score (nSPS) is 11.5. The van der Waals surface area contributed by atoms with Gasteiger partial charge in [0.05, 0.1) is 14.2 Å². The Morgan fingerprint density at radius 3 is 2.23 bits per heavy atom. The van der Waals surface area contributed by atoms with Crippen LogP contribution in [0, 0.1) is 0 Å². The molecule has 0 spiro atoms. The van der Waals surface area contributed by atoms with E-state index >= 15 is 0 Å². The molecule has 0 fully saturated rings. The minimum absolute atomic E-state index is 0.0456. The first-order chi connectivity index (χ1) is 17.0. The topological polar surface area (TPSA) is 73.9 Å². The molecule has 0 unspecified atom stereocenters. The number of rotatable bonds is 8. The predicted molar refractivity (Wildman–Crippen MR) is 135 cm³/mol. The molecule has 0 radical (unpaired) electrons. The molecule has 0 aliphatic rings. The van der Waals surface area contributed by atoms with Crippen molar-refractivity contribution in [3.8, 4) is 11.5 Å². The van der Waals surface area contributed by atoms with Gasteiger partial charge >= 0.3 is 5.97 Å². The zero-order valence-corrected chi connectivity index (χ0v) is 20.0. The second kappa shape index (κ2) is 10.9. The first kappa shape index (κ1) is 24.1. The third-order valence-corrected chi connectivity index (χ3v) is 5.94. The smallest absolute Gasteiger partial charge is 0.333 e. The van der Waals surface area contributed by atoms with Gasteiger partial charge in [0.25, 0.3) is 5.91 Å². The Morgan fingerprint density at radius 1 is 0.857 bits per heavy atom. The van der Waals surface area contributed by atoms with Crippen LogP contribution in [0.5, 0.6) is 11.5 Å². The molecule has 0 saturated heterocycles. The summed E-state index contributed by atoms with van der Waals surface area (Å²) in [7, 11) is 2.99.